The van der Waals surface area contributed by atoms with E-state index >= 15 is 0 Å². The van der Waals surface area contributed by atoms with E-state index in [-0.39, 0.29) is 18.6 Å². The zero-order chi connectivity index (χ0) is 11.6. The molecule has 0 aromatic heterocycles. The fourth-order valence-electron chi connectivity index (χ4n) is 1.69. The number of hydrogen-bond acceptors (Lipinski definition) is 4. The van der Waals surface area contributed by atoms with Crippen molar-refractivity contribution in [2.75, 3.05) is 32.9 Å². The first-order valence-electron chi connectivity index (χ1n) is 6.01. The van der Waals surface area contributed by atoms with Gasteiger partial charge < -0.3 is 20.5 Å². The molecule has 0 radical (unpaired) electrons. The minimum absolute atomic E-state index is 0.0759. The topological polar surface area (TPSA) is 70.6 Å². The summed E-state index contributed by atoms with van der Waals surface area (Å²) in [5.41, 5.74) is 0. The second-order valence-electron chi connectivity index (χ2n) is 4.06. The summed E-state index contributed by atoms with van der Waals surface area (Å²) >= 11 is 0. The van der Waals surface area contributed by atoms with Crippen LogP contribution in [0.15, 0.2) is 0 Å². The third-order valence-corrected chi connectivity index (χ3v) is 2.59. The van der Waals surface area contributed by atoms with Gasteiger partial charge in [0.05, 0.1) is 13.2 Å². The van der Waals surface area contributed by atoms with E-state index in [2.05, 4.69) is 10.6 Å². The van der Waals surface area contributed by atoms with Crippen LogP contribution in [0, 0.1) is 0 Å². The van der Waals surface area contributed by atoms with E-state index in [4.69, 9.17) is 9.84 Å². The Hall–Kier alpha value is -0.650. The average Bonchev–Trinajstić information content (AvgIpc) is 2.30. The van der Waals surface area contributed by atoms with Gasteiger partial charge in [-0.3, -0.25) is 4.79 Å². The van der Waals surface area contributed by atoms with Gasteiger partial charge in [-0.15, -0.1) is 0 Å². The zero-order valence-electron chi connectivity index (χ0n) is 9.71. The van der Waals surface area contributed by atoms with E-state index in [9.17, 15) is 4.79 Å². The molecule has 1 fully saturated rings. The van der Waals surface area contributed by atoms with Gasteiger partial charge in [0.1, 0.15) is 0 Å². The van der Waals surface area contributed by atoms with Gasteiger partial charge >= 0.3 is 0 Å². The summed E-state index contributed by atoms with van der Waals surface area (Å²) in [6.07, 6.45) is 3.19. The standard InChI is InChI=1S/C11H22N2O3/c14-6-3-1-2-4-13-11(15)8-10-9-16-7-5-12-10/h10,12,14H,1-9H2,(H,13,15). The Bertz CT molecular complexity index is 194. The molecule has 5 heteroatoms. The number of aliphatic hydroxyl groups excluding tert-OH is 1. The molecular formula is C11H22N2O3. The molecule has 0 bridgehead atoms. The molecule has 5 nitrogen and oxygen atoms in total. The summed E-state index contributed by atoms with van der Waals surface area (Å²) < 4.78 is 5.27. The van der Waals surface area contributed by atoms with Crippen LogP contribution in [-0.4, -0.2) is 50.0 Å². The maximum absolute atomic E-state index is 11.5. The Kier molecular flexibility index (Phi) is 7.12. The van der Waals surface area contributed by atoms with Crippen LogP contribution in [0.5, 0.6) is 0 Å². The summed E-state index contributed by atoms with van der Waals surface area (Å²) in [6, 6.07) is 0.159. The lowest BCUT2D eigenvalue weighted by Crippen LogP contribution is -2.44. The highest BCUT2D eigenvalue weighted by atomic mass is 16.5. The van der Waals surface area contributed by atoms with Crippen molar-refractivity contribution in [3.05, 3.63) is 0 Å². The largest absolute Gasteiger partial charge is 0.396 e. The monoisotopic (exact) mass is 230 g/mol. The highest BCUT2D eigenvalue weighted by molar-refractivity contribution is 5.76. The second-order valence-corrected chi connectivity index (χ2v) is 4.06. The van der Waals surface area contributed by atoms with Crippen molar-refractivity contribution in [2.45, 2.75) is 31.7 Å². The van der Waals surface area contributed by atoms with Crippen LogP contribution in [0.4, 0.5) is 0 Å². The molecule has 1 atom stereocenters. The number of morpholine rings is 1. The van der Waals surface area contributed by atoms with Gasteiger partial charge in [0, 0.05) is 32.2 Å². The Balaban J connectivity index is 1.97. The van der Waals surface area contributed by atoms with Gasteiger partial charge in [-0.05, 0) is 19.3 Å². The maximum atomic E-state index is 11.5. The predicted octanol–water partition coefficient (Wildman–Crippen LogP) is -0.356. The van der Waals surface area contributed by atoms with Crippen LogP contribution in [0.25, 0.3) is 0 Å². The lowest BCUT2D eigenvalue weighted by atomic mass is 10.2. The summed E-state index contributed by atoms with van der Waals surface area (Å²) in [5.74, 6) is 0.0759. The number of ether oxygens (including phenoxy) is 1. The Morgan fingerprint density at radius 3 is 3.00 bits per heavy atom. The first kappa shape index (κ1) is 13.4. The highest BCUT2D eigenvalue weighted by Crippen LogP contribution is 1.98. The number of aliphatic hydroxyl groups is 1. The molecule has 1 heterocycles. The van der Waals surface area contributed by atoms with Crippen molar-refractivity contribution in [3.8, 4) is 0 Å². The molecule has 0 spiro atoms. The van der Waals surface area contributed by atoms with Crippen molar-refractivity contribution in [1.29, 1.82) is 0 Å². The van der Waals surface area contributed by atoms with Crippen molar-refractivity contribution in [2.24, 2.45) is 0 Å². The van der Waals surface area contributed by atoms with Crippen LogP contribution in [0.2, 0.25) is 0 Å². The third kappa shape index (κ3) is 6.05. The number of unbranched alkanes of at least 4 members (excludes halogenated alkanes) is 2. The molecule has 0 aromatic rings. The van der Waals surface area contributed by atoms with Crippen LogP contribution < -0.4 is 10.6 Å². The molecule has 1 aliphatic heterocycles. The number of nitrogens with one attached hydrogen (secondary N) is 2. The third-order valence-electron chi connectivity index (χ3n) is 2.59. The molecule has 94 valence electrons. The number of carbonyl (C=O) groups is 1. The molecule has 0 saturated carbocycles. The van der Waals surface area contributed by atoms with Gasteiger partial charge in [0.25, 0.3) is 0 Å². The molecule has 1 unspecified atom stereocenters. The van der Waals surface area contributed by atoms with Crippen LogP contribution >= 0.6 is 0 Å². The van der Waals surface area contributed by atoms with E-state index in [1.54, 1.807) is 0 Å². The first-order chi connectivity index (χ1) is 7.83. The SMILES string of the molecule is O=C(CC1COCCN1)NCCCCCO. The van der Waals surface area contributed by atoms with E-state index in [0.717, 1.165) is 32.4 Å². The van der Waals surface area contributed by atoms with Gasteiger partial charge in [0.2, 0.25) is 5.91 Å². The summed E-state index contributed by atoms with van der Waals surface area (Å²) in [4.78, 5) is 11.5. The van der Waals surface area contributed by atoms with E-state index < -0.39 is 0 Å². The molecule has 1 saturated heterocycles. The summed E-state index contributed by atoms with van der Waals surface area (Å²) in [5, 5.41) is 14.7. The first-order valence-corrected chi connectivity index (χ1v) is 6.01. The fraction of sp³-hybridized carbons (Fsp3) is 0.909. The van der Waals surface area contributed by atoms with Crippen molar-refractivity contribution in [1.82, 2.24) is 10.6 Å². The molecule has 1 aliphatic rings. The molecular weight excluding hydrogens is 208 g/mol. The molecule has 1 rings (SSSR count). The molecule has 0 aliphatic carbocycles. The Labute approximate surface area is 96.6 Å². The van der Waals surface area contributed by atoms with Crippen LogP contribution in [-0.2, 0) is 9.53 Å². The van der Waals surface area contributed by atoms with Crippen molar-refractivity contribution >= 4 is 5.91 Å². The quantitative estimate of drug-likeness (QED) is 0.523. The van der Waals surface area contributed by atoms with E-state index in [0.29, 0.717) is 19.6 Å². The summed E-state index contributed by atoms with van der Waals surface area (Å²) in [6.45, 7) is 3.12. The summed E-state index contributed by atoms with van der Waals surface area (Å²) in [7, 11) is 0. The minimum atomic E-state index is 0.0759. The van der Waals surface area contributed by atoms with Gasteiger partial charge in [-0.25, -0.2) is 0 Å². The van der Waals surface area contributed by atoms with Gasteiger partial charge in [0.15, 0.2) is 0 Å². The van der Waals surface area contributed by atoms with Gasteiger partial charge in [-0.1, -0.05) is 0 Å². The number of rotatable bonds is 7. The van der Waals surface area contributed by atoms with Gasteiger partial charge in [-0.2, -0.15) is 0 Å². The smallest absolute Gasteiger partial charge is 0.221 e. The lowest BCUT2D eigenvalue weighted by Gasteiger charge is -2.23. The van der Waals surface area contributed by atoms with Crippen molar-refractivity contribution < 1.29 is 14.6 Å². The Morgan fingerprint density at radius 1 is 1.44 bits per heavy atom. The lowest BCUT2D eigenvalue weighted by molar-refractivity contribution is -0.122. The van der Waals surface area contributed by atoms with Crippen LogP contribution in [0.1, 0.15) is 25.7 Å². The molecule has 1 amide bonds. The molecule has 3 N–H and O–H groups in total. The molecule has 0 aromatic carbocycles. The zero-order valence-corrected chi connectivity index (χ0v) is 9.71. The van der Waals surface area contributed by atoms with Crippen LogP contribution in [0.3, 0.4) is 0 Å². The number of hydrogen-bond donors (Lipinski definition) is 3. The predicted molar refractivity (Wildman–Crippen MR) is 61.2 cm³/mol. The van der Waals surface area contributed by atoms with E-state index in [1.165, 1.54) is 0 Å². The number of carbonyl (C=O) groups excluding carboxylic acids is 1. The Morgan fingerprint density at radius 2 is 2.31 bits per heavy atom. The molecule has 16 heavy (non-hydrogen) atoms. The van der Waals surface area contributed by atoms with Crippen molar-refractivity contribution in [3.63, 3.8) is 0 Å². The van der Waals surface area contributed by atoms with E-state index in [1.807, 2.05) is 0 Å². The normalized spacial score (nSPS) is 20.7. The second kappa shape index (κ2) is 8.50. The maximum Gasteiger partial charge on any atom is 0.221 e. The minimum Gasteiger partial charge on any atom is -0.396 e. The average molecular weight is 230 g/mol. The number of amides is 1. The highest BCUT2D eigenvalue weighted by Gasteiger charge is 2.16. The fourth-order valence-corrected chi connectivity index (χ4v) is 1.69.